The Bertz CT molecular complexity index is 984. The first-order chi connectivity index (χ1) is 12.8. The van der Waals surface area contributed by atoms with Crippen molar-refractivity contribution >= 4 is 11.6 Å². The molecule has 10 heteroatoms. The topological polar surface area (TPSA) is 68.3 Å². The SMILES string of the molecule is Cc1nn2cccnc2c1C(=O)N1CCC(n2ccc(C(F)(F)F)n2)CC1. The third kappa shape index (κ3) is 3.15. The van der Waals surface area contributed by atoms with Gasteiger partial charge in [-0.25, -0.2) is 9.50 Å². The molecule has 0 atom stereocenters. The Kier molecular flexibility index (Phi) is 4.12. The number of hydrogen-bond acceptors (Lipinski definition) is 4. The predicted molar refractivity (Wildman–Crippen MR) is 89.1 cm³/mol. The number of aromatic nitrogens is 5. The first kappa shape index (κ1) is 17.5. The van der Waals surface area contributed by atoms with Crippen LogP contribution in [0.4, 0.5) is 13.2 Å². The molecule has 4 heterocycles. The standard InChI is InChI=1S/C17H17F3N6O/c1-11-14(15-21-6-2-7-26(15)22-11)16(27)24-8-3-12(4-9-24)25-10-5-13(23-25)17(18,19)20/h2,5-7,10,12H,3-4,8-9H2,1H3. The zero-order chi connectivity index (χ0) is 19.2. The number of piperidine rings is 1. The number of hydrogen-bond donors (Lipinski definition) is 0. The molecule has 0 unspecified atom stereocenters. The number of likely N-dealkylation sites (tertiary alicyclic amines) is 1. The summed E-state index contributed by atoms with van der Waals surface area (Å²) in [6.07, 6.45) is 1.32. The minimum atomic E-state index is -4.45. The monoisotopic (exact) mass is 378 g/mol. The Balaban J connectivity index is 1.48. The molecule has 0 saturated carbocycles. The summed E-state index contributed by atoms with van der Waals surface area (Å²) in [6, 6.07) is 2.55. The Labute approximate surface area is 152 Å². The zero-order valence-electron chi connectivity index (χ0n) is 14.5. The number of nitrogens with zero attached hydrogens (tertiary/aromatic N) is 6. The van der Waals surface area contributed by atoms with Crippen LogP contribution >= 0.6 is 0 Å². The van der Waals surface area contributed by atoms with Crippen molar-refractivity contribution in [3.63, 3.8) is 0 Å². The fraction of sp³-hybridized carbons (Fsp3) is 0.412. The lowest BCUT2D eigenvalue weighted by Crippen LogP contribution is -2.39. The van der Waals surface area contributed by atoms with E-state index in [0.29, 0.717) is 42.8 Å². The van der Waals surface area contributed by atoms with Crippen LogP contribution in [0.2, 0.25) is 0 Å². The van der Waals surface area contributed by atoms with Crippen molar-refractivity contribution in [2.24, 2.45) is 0 Å². The number of fused-ring (bicyclic) bond motifs is 1. The van der Waals surface area contributed by atoms with Crippen molar-refractivity contribution in [1.82, 2.24) is 29.3 Å². The molecule has 1 aliphatic heterocycles. The zero-order valence-corrected chi connectivity index (χ0v) is 14.5. The average Bonchev–Trinajstić information content (AvgIpc) is 3.25. The minimum Gasteiger partial charge on any atom is -0.338 e. The van der Waals surface area contributed by atoms with E-state index in [9.17, 15) is 18.0 Å². The van der Waals surface area contributed by atoms with Crippen molar-refractivity contribution in [1.29, 1.82) is 0 Å². The first-order valence-corrected chi connectivity index (χ1v) is 8.56. The summed E-state index contributed by atoms with van der Waals surface area (Å²) in [4.78, 5) is 18.9. The average molecular weight is 378 g/mol. The summed E-state index contributed by atoms with van der Waals surface area (Å²) < 4.78 is 41.1. The molecule has 7 nitrogen and oxygen atoms in total. The first-order valence-electron chi connectivity index (χ1n) is 8.56. The molecule has 0 aliphatic carbocycles. The second-order valence-corrected chi connectivity index (χ2v) is 6.55. The summed E-state index contributed by atoms with van der Waals surface area (Å²) in [5.74, 6) is -0.156. The van der Waals surface area contributed by atoms with Crippen LogP contribution in [0.15, 0.2) is 30.7 Å². The molecule has 3 aromatic heterocycles. The third-order valence-corrected chi connectivity index (χ3v) is 4.81. The molecular formula is C17H17F3N6O. The van der Waals surface area contributed by atoms with Gasteiger partial charge in [0.1, 0.15) is 5.56 Å². The highest BCUT2D eigenvalue weighted by Crippen LogP contribution is 2.30. The maximum absolute atomic E-state index is 12.9. The highest BCUT2D eigenvalue weighted by molar-refractivity contribution is 6.01. The molecule has 0 spiro atoms. The number of halogens is 3. The Morgan fingerprint density at radius 2 is 1.93 bits per heavy atom. The maximum Gasteiger partial charge on any atom is 0.435 e. The lowest BCUT2D eigenvalue weighted by molar-refractivity contribution is -0.141. The number of amides is 1. The van der Waals surface area contributed by atoms with Gasteiger partial charge in [0.25, 0.3) is 5.91 Å². The second-order valence-electron chi connectivity index (χ2n) is 6.55. The van der Waals surface area contributed by atoms with E-state index < -0.39 is 11.9 Å². The number of aryl methyl sites for hydroxylation is 1. The molecule has 1 fully saturated rings. The number of carbonyl (C=O) groups is 1. The van der Waals surface area contributed by atoms with Gasteiger partial charge in [-0.3, -0.25) is 9.48 Å². The van der Waals surface area contributed by atoms with Gasteiger partial charge in [0.15, 0.2) is 11.3 Å². The van der Waals surface area contributed by atoms with Gasteiger partial charge < -0.3 is 4.90 Å². The second kappa shape index (κ2) is 6.36. The van der Waals surface area contributed by atoms with Crippen molar-refractivity contribution < 1.29 is 18.0 Å². The van der Waals surface area contributed by atoms with E-state index in [-0.39, 0.29) is 11.9 Å². The molecule has 1 amide bonds. The Hall–Kier alpha value is -2.91. The van der Waals surface area contributed by atoms with Crippen LogP contribution in [0.1, 0.15) is 40.6 Å². The smallest absolute Gasteiger partial charge is 0.338 e. The number of alkyl halides is 3. The predicted octanol–water partition coefficient (Wildman–Crippen LogP) is 2.73. The van der Waals surface area contributed by atoms with E-state index >= 15 is 0 Å². The van der Waals surface area contributed by atoms with Crippen LogP contribution in [-0.4, -0.2) is 48.3 Å². The molecule has 1 aliphatic rings. The molecule has 27 heavy (non-hydrogen) atoms. The van der Waals surface area contributed by atoms with Crippen LogP contribution in [0, 0.1) is 6.92 Å². The highest BCUT2D eigenvalue weighted by atomic mass is 19.4. The summed E-state index contributed by atoms with van der Waals surface area (Å²) >= 11 is 0. The molecular weight excluding hydrogens is 361 g/mol. The van der Waals surface area contributed by atoms with Gasteiger partial charge in [-0.05, 0) is 31.9 Å². The summed E-state index contributed by atoms with van der Waals surface area (Å²) in [5.41, 5.74) is 0.674. The van der Waals surface area contributed by atoms with Crippen LogP contribution < -0.4 is 0 Å². The Morgan fingerprint density at radius 1 is 1.19 bits per heavy atom. The van der Waals surface area contributed by atoms with Crippen molar-refractivity contribution in [2.75, 3.05) is 13.1 Å². The molecule has 0 N–H and O–H groups in total. The van der Waals surface area contributed by atoms with Gasteiger partial charge in [-0.2, -0.15) is 23.4 Å². The van der Waals surface area contributed by atoms with E-state index in [2.05, 4.69) is 15.2 Å². The van der Waals surface area contributed by atoms with Crippen molar-refractivity contribution in [3.05, 3.63) is 47.7 Å². The molecule has 3 aromatic rings. The number of carbonyl (C=O) groups excluding carboxylic acids is 1. The summed E-state index contributed by atoms with van der Waals surface area (Å²) in [7, 11) is 0. The van der Waals surface area contributed by atoms with Crippen LogP contribution in [0.3, 0.4) is 0 Å². The van der Waals surface area contributed by atoms with Crippen LogP contribution in [0.25, 0.3) is 5.65 Å². The fourth-order valence-corrected chi connectivity index (χ4v) is 3.43. The van der Waals surface area contributed by atoms with E-state index in [4.69, 9.17) is 0 Å². The molecule has 0 radical (unpaired) electrons. The van der Waals surface area contributed by atoms with E-state index in [1.807, 2.05) is 0 Å². The van der Waals surface area contributed by atoms with Gasteiger partial charge in [0.2, 0.25) is 0 Å². The largest absolute Gasteiger partial charge is 0.435 e. The van der Waals surface area contributed by atoms with Crippen molar-refractivity contribution in [3.8, 4) is 0 Å². The lowest BCUT2D eigenvalue weighted by atomic mass is 10.0. The Morgan fingerprint density at radius 3 is 2.59 bits per heavy atom. The van der Waals surface area contributed by atoms with Gasteiger partial charge >= 0.3 is 6.18 Å². The summed E-state index contributed by atoms with van der Waals surface area (Å²) in [6.45, 7) is 2.64. The van der Waals surface area contributed by atoms with Gasteiger partial charge in [-0.1, -0.05) is 0 Å². The third-order valence-electron chi connectivity index (χ3n) is 4.81. The quantitative estimate of drug-likeness (QED) is 0.688. The fourth-order valence-electron chi connectivity index (χ4n) is 3.43. The van der Waals surface area contributed by atoms with E-state index in [0.717, 1.165) is 6.07 Å². The van der Waals surface area contributed by atoms with E-state index in [1.165, 1.54) is 10.9 Å². The lowest BCUT2D eigenvalue weighted by Gasteiger charge is -2.32. The van der Waals surface area contributed by atoms with Crippen LogP contribution in [-0.2, 0) is 6.18 Å². The highest BCUT2D eigenvalue weighted by Gasteiger charge is 2.35. The minimum absolute atomic E-state index is 0.156. The van der Waals surface area contributed by atoms with Crippen LogP contribution in [0.5, 0.6) is 0 Å². The normalized spacial score (nSPS) is 16.2. The summed E-state index contributed by atoms with van der Waals surface area (Å²) in [5, 5.41) is 7.95. The van der Waals surface area contributed by atoms with E-state index in [1.54, 1.807) is 34.8 Å². The number of rotatable bonds is 2. The molecule has 0 bridgehead atoms. The molecule has 4 rings (SSSR count). The van der Waals surface area contributed by atoms with Gasteiger partial charge in [0, 0.05) is 31.7 Å². The maximum atomic E-state index is 12.9. The molecule has 1 saturated heterocycles. The van der Waals surface area contributed by atoms with Gasteiger partial charge in [0.05, 0.1) is 11.7 Å². The van der Waals surface area contributed by atoms with Crippen molar-refractivity contribution in [2.45, 2.75) is 32.0 Å². The molecule has 0 aromatic carbocycles. The van der Waals surface area contributed by atoms with Gasteiger partial charge in [-0.15, -0.1) is 0 Å². The molecule has 142 valence electrons.